The van der Waals surface area contributed by atoms with Gasteiger partial charge < -0.3 is 10.0 Å². The lowest BCUT2D eigenvalue weighted by molar-refractivity contribution is -0.142. The highest BCUT2D eigenvalue weighted by Gasteiger charge is 2.32. The average molecular weight is 233 g/mol. The van der Waals surface area contributed by atoms with E-state index >= 15 is 0 Å². The minimum absolute atomic E-state index is 0.166. The lowest BCUT2D eigenvalue weighted by Gasteiger charge is -2.32. The molecule has 1 N–H and O–H groups in total. The average Bonchev–Trinajstić information content (AvgIpc) is 2.33. The van der Waals surface area contributed by atoms with Crippen LogP contribution in [-0.4, -0.2) is 34.5 Å². The lowest BCUT2D eigenvalue weighted by Crippen LogP contribution is -2.48. The van der Waals surface area contributed by atoms with Crippen molar-refractivity contribution in [2.75, 3.05) is 6.54 Å². The van der Waals surface area contributed by atoms with Crippen molar-refractivity contribution in [1.29, 1.82) is 0 Å². The molecule has 1 atom stereocenters. The molecule has 0 bridgehead atoms. The summed E-state index contributed by atoms with van der Waals surface area (Å²) in [7, 11) is 0. The fourth-order valence-electron chi connectivity index (χ4n) is 2.27. The van der Waals surface area contributed by atoms with Crippen LogP contribution in [0.15, 0.2) is 24.3 Å². The molecule has 1 amide bonds. The highest BCUT2D eigenvalue weighted by Crippen LogP contribution is 2.21. The molecule has 0 saturated carbocycles. The number of amides is 1. The Kier molecular flexibility index (Phi) is 3.13. The monoisotopic (exact) mass is 233 g/mol. The van der Waals surface area contributed by atoms with Crippen LogP contribution in [0.3, 0.4) is 0 Å². The molecule has 4 heteroatoms. The van der Waals surface area contributed by atoms with Gasteiger partial charge in [0.15, 0.2) is 0 Å². The second-order valence-corrected chi connectivity index (χ2v) is 4.17. The molecule has 0 fully saturated rings. The summed E-state index contributed by atoms with van der Waals surface area (Å²) in [5, 5.41) is 9.10. The molecular formula is C13H15NO3. The molecule has 1 heterocycles. The molecule has 1 aromatic rings. The fourth-order valence-corrected chi connectivity index (χ4v) is 2.27. The highest BCUT2D eigenvalue weighted by atomic mass is 16.4. The van der Waals surface area contributed by atoms with E-state index in [0.29, 0.717) is 18.5 Å². The Hall–Kier alpha value is -1.84. The standard InChI is InChI=1S/C13H15NO3/c1-2-11(13(16)17)14-8-7-9-5-3-4-6-10(9)12(14)15/h3-6,11H,2,7-8H2,1H3,(H,16,17). The Morgan fingerprint density at radius 3 is 2.82 bits per heavy atom. The predicted octanol–water partition coefficient (Wildman–Crippen LogP) is 1.55. The summed E-state index contributed by atoms with van der Waals surface area (Å²) >= 11 is 0. The van der Waals surface area contributed by atoms with Gasteiger partial charge >= 0.3 is 5.97 Å². The summed E-state index contributed by atoms with van der Waals surface area (Å²) in [6, 6.07) is 6.68. The third kappa shape index (κ3) is 2.02. The third-order valence-corrected chi connectivity index (χ3v) is 3.18. The number of benzene rings is 1. The third-order valence-electron chi connectivity index (χ3n) is 3.18. The van der Waals surface area contributed by atoms with Gasteiger partial charge in [0.1, 0.15) is 6.04 Å². The minimum atomic E-state index is -0.930. The van der Waals surface area contributed by atoms with Crippen molar-refractivity contribution in [1.82, 2.24) is 4.90 Å². The quantitative estimate of drug-likeness (QED) is 0.861. The normalized spacial score (nSPS) is 16.5. The molecule has 17 heavy (non-hydrogen) atoms. The Labute approximate surface area is 99.9 Å². The van der Waals surface area contributed by atoms with Crippen LogP contribution in [0.25, 0.3) is 0 Å². The predicted molar refractivity (Wildman–Crippen MR) is 62.9 cm³/mol. The van der Waals surface area contributed by atoms with Crippen molar-refractivity contribution in [3.05, 3.63) is 35.4 Å². The lowest BCUT2D eigenvalue weighted by atomic mass is 9.97. The van der Waals surface area contributed by atoms with E-state index < -0.39 is 12.0 Å². The van der Waals surface area contributed by atoms with Crippen LogP contribution in [0.2, 0.25) is 0 Å². The number of carbonyl (C=O) groups is 2. The molecule has 0 saturated heterocycles. The van der Waals surface area contributed by atoms with Crippen molar-refractivity contribution in [3.8, 4) is 0 Å². The van der Waals surface area contributed by atoms with Gasteiger partial charge in [0.05, 0.1) is 0 Å². The van der Waals surface area contributed by atoms with E-state index in [1.54, 1.807) is 13.0 Å². The maximum atomic E-state index is 12.2. The maximum Gasteiger partial charge on any atom is 0.326 e. The minimum Gasteiger partial charge on any atom is -0.480 e. The first-order valence-corrected chi connectivity index (χ1v) is 5.76. The van der Waals surface area contributed by atoms with Gasteiger partial charge in [-0.25, -0.2) is 4.79 Å². The molecule has 2 rings (SSSR count). The zero-order valence-electron chi connectivity index (χ0n) is 9.72. The summed E-state index contributed by atoms with van der Waals surface area (Å²) < 4.78 is 0. The van der Waals surface area contributed by atoms with Gasteiger partial charge in [-0.3, -0.25) is 4.79 Å². The van der Waals surface area contributed by atoms with E-state index in [-0.39, 0.29) is 5.91 Å². The molecule has 0 spiro atoms. The summed E-state index contributed by atoms with van der Waals surface area (Å²) in [6.07, 6.45) is 1.16. The molecule has 4 nitrogen and oxygen atoms in total. The van der Waals surface area contributed by atoms with Crippen LogP contribution in [0.5, 0.6) is 0 Å². The van der Waals surface area contributed by atoms with E-state index in [1.807, 2.05) is 18.2 Å². The van der Waals surface area contributed by atoms with Crippen LogP contribution in [0, 0.1) is 0 Å². The smallest absolute Gasteiger partial charge is 0.326 e. The van der Waals surface area contributed by atoms with Gasteiger partial charge in [0, 0.05) is 12.1 Å². The zero-order chi connectivity index (χ0) is 12.4. The first-order valence-electron chi connectivity index (χ1n) is 5.76. The van der Waals surface area contributed by atoms with Crippen molar-refractivity contribution < 1.29 is 14.7 Å². The summed E-state index contributed by atoms with van der Waals surface area (Å²) in [4.78, 5) is 24.7. The van der Waals surface area contributed by atoms with Crippen LogP contribution >= 0.6 is 0 Å². The molecule has 1 aromatic carbocycles. The van der Waals surface area contributed by atoms with Crippen molar-refractivity contribution in [2.45, 2.75) is 25.8 Å². The van der Waals surface area contributed by atoms with Crippen molar-refractivity contribution >= 4 is 11.9 Å². The summed E-state index contributed by atoms with van der Waals surface area (Å²) in [5.74, 6) is -1.10. The molecule has 1 unspecified atom stereocenters. The van der Waals surface area contributed by atoms with Gasteiger partial charge in [0.25, 0.3) is 5.91 Å². The van der Waals surface area contributed by atoms with Gasteiger partial charge in [-0.05, 0) is 24.5 Å². The SMILES string of the molecule is CCC(C(=O)O)N1CCc2ccccc2C1=O. The second-order valence-electron chi connectivity index (χ2n) is 4.17. The first-order chi connectivity index (χ1) is 8.15. The number of hydrogen-bond donors (Lipinski definition) is 1. The Balaban J connectivity index is 2.31. The molecule has 0 aliphatic carbocycles. The molecular weight excluding hydrogens is 218 g/mol. The number of carbonyl (C=O) groups excluding carboxylic acids is 1. The van der Waals surface area contributed by atoms with Crippen LogP contribution in [-0.2, 0) is 11.2 Å². The topological polar surface area (TPSA) is 57.6 Å². The number of carboxylic acids is 1. The largest absolute Gasteiger partial charge is 0.480 e. The molecule has 0 radical (unpaired) electrons. The highest BCUT2D eigenvalue weighted by molar-refractivity contribution is 5.98. The molecule has 1 aliphatic rings. The van der Waals surface area contributed by atoms with Crippen LogP contribution < -0.4 is 0 Å². The van der Waals surface area contributed by atoms with Crippen molar-refractivity contribution in [2.24, 2.45) is 0 Å². The summed E-state index contributed by atoms with van der Waals surface area (Å²) in [6.45, 7) is 2.27. The second kappa shape index (κ2) is 4.57. The van der Waals surface area contributed by atoms with Crippen LogP contribution in [0.4, 0.5) is 0 Å². The van der Waals surface area contributed by atoms with Crippen molar-refractivity contribution in [3.63, 3.8) is 0 Å². The number of fused-ring (bicyclic) bond motifs is 1. The molecule has 0 aromatic heterocycles. The van der Waals surface area contributed by atoms with E-state index in [0.717, 1.165) is 12.0 Å². The molecule has 1 aliphatic heterocycles. The Morgan fingerprint density at radius 1 is 1.47 bits per heavy atom. The molecule has 90 valence electrons. The van der Waals surface area contributed by atoms with Gasteiger partial charge in [-0.1, -0.05) is 25.1 Å². The maximum absolute atomic E-state index is 12.2. The Morgan fingerprint density at radius 2 is 2.18 bits per heavy atom. The number of rotatable bonds is 3. The fraction of sp³-hybridized carbons (Fsp3) is 0.385. The number of carboxylic acid groups (broad SMARTS) is 1. The summed E-state index contributed by atoms with van der Waals surface area (Å²) in [5.41, 5.74) is 1.65. The zero-order valence-corrected chi connectivity index (χ0v) is 9.72. The van der Waals surface area contributed by atoms with Gasteiger partial charge in [0.2, 0.25) is 0 Å². The number of nitrogens with zero attached hydrogens (tertiary/aromatic N) is 1. The van der Waals surface area contributed by atoms with Gasteiger partial charge in [-0.2, -0.15) is 0 Å². The first kappa shape index (κ1) is 11.6. The van der Waals surface area contributed by atoms with Crippen LogP contribution in [0.1, 0.15) is 29.3 Å². The number of hydrogen-bond acceptors (Lipinski definition) is 2. The van der Waals surface area contributed by atoms with E-state index in [4.69, 9.17) is 5.11 Å². The Bertz CT molecular complexity index is 456. The van der Waals surface area contributed by atoms with E-state index in [9.17, 15) is 9.59 Å². The van der Waals surface area contributed by atoms with E-state index in [2.05, 4.69) is 0 Å². The number of aliphatic carboxylic acids is 1. The van der Waals surface area contributed by atoms with E-state index in [1.165, 1.54) is 4.90 Å². The van der Waals surface area contributed by atoms with Gasteiger partial charge in [-0.15, -0.1) is 0 Å².